The molecule has 0 unspecified atom stereocenters. The minimum atomic E-state index is -0.338. The van der Waals surface area contributed by atoms with Gasteiger partial charge in [0.05, 0.1) is 19.2 Å². The van der Waals surface area contributed by atoms with E-state index in [4.69, 9.17) is 9.47 Å². The van der Waals surface area contributed by atoms with Crippen LogP contribution >= 0.6 is 0 Å². The lowest BCUT2D eigenvalue weighted by molar-refractivity contribution is -0.120. The van der Waals surface area contributed by atoms with E-state index in [2.05, 4.69) is 10.6 Å². The number of carbonyl (C=O) groups excluding carboxylic acids is 2. The van der Waals surface area contributed by atoms with Gasteiger partial charge in [0.15, 0.2) is 0 Å². The molecule has 0 saturated carbocycles. The van der Waals surface area contributed by atoms with Crippen LogP contribution in [0.25, 0.3) is 0 Å². The van der Waals surface area contributed by atoms with Gasteiger partial charge < -0.3 is 20.1 Å². The summed E-state index contributed by atoms with van der Waals surface area (Å²) >= 11 is 0. The van der Waals surface area contributed by atoms with Crippen molar-refractivity contribution in [1.82, 2.24) is 10.6 Å². The zero-order valence-electron chi connectivity index (χ0n) is 11.8. The number of methoxy groups -OCH3 is 2. The van der Waals surface area contributed by atoms with Crippen molar-refractivity contribution < 1.29 is 19.1 Å². The number of hydrogen-bond donors (Lipinski definition) is 2. The maximum absolute atomic E-state index is 11.9. The van der Waals surface area contributed by atoms with Crippen LogP contribution in [0.1, 0.15) is 16.8 Å². The fourth-order valence-electron chi connectivity index (χ4n) is 1.59. The van der Waals surface area contributed by atoms with Crippen LogP contribution in [-0.4, -0.2) is 45.7 Å². The summed E-state index contributed by atoms with van der Waals surface area (Å²) in [5.41, 5.74) is 0.405. The Morgan fingerprint density at radius 3 is 2.60 bits per heavy atom. The maximum Gasteiger partial charge on any atom is 0.255 e. The third-order valence-corrected chi connectivity index (χ3v) is 2.61. The molecule has 6 heteroatoms. The molecule has 6 nitrogen and oxygen atoms in total. The summed E-state index contributed by atoms with van der Waals surface area (Å²) in [6.45, 7) is 1.05. The maximum atomic E-state index is 11.9. The third-order valence-electron chi connectivity index (χ3n) is 2.61. The molecule has 0 aromatic heterocycles. The standard InChI is InChI=1S/C14H20N2O4/c1-19-9-5-8-15-13(17)10-16-14(18)11-6-3-4-7-12(11)20-2/h3-4,6-7H,5,8-10H2,1-2H3,(H,15,17)(H,16,18). The predicted molar refractivity (Wildman–Crippen MR) is 74.8 cm³/mol. The Morgan fingerprint density at radius 2 is 1.90 bits per heavy atom. The van der Waals surface area contributed by atoms with Crippen LogP contribution in [0.3, 0.4) is 0 Å². The van der Waals surface area contributed by atoms with Crippen LogP contribution in [0, 0.1) is 0 Å². The number of para-hydroxylation sites is 1. The van der Waals surface area contributed by atoms with Crippen molar-refractivity contribution >= 4 is 11.8 Å². The summed E-state index contributed by atoms with van der Waals surface area (Å²) < 4.78 is 9.96. The number of amides is 2. The van der Waals surface area contributed by atoms with E-state index in [1.165, 1.54) is 7.11 Å². The second-order valence-corrected chi connectivity index (χ2v) is 4.08. The van der Waals surface area contributed by atoms with Crippen LogP contribution in [0.4, 0.5) is 0 Å². The van der Waals surface area contributed by atoms with Gasteiger partial charge in [0, 0.05) is 20.3 Å². The van der Waals surface area contributed by atoms with E-state index < -0.39 is 0 Å². The monoisotopic (exact) mass is 280 g/mol. The lowest BCUT2D eigenvalue weighted by atomic mass is 10.2. The van der Waals surface area contributed by atoms with Gasteiger partial charge in [0.25, 0.3) is 5.91 Å². The molecule has 0 radical (unpaired) electrons. The molecule has 0 fully saturated rings. The first-order valence-corrected chi connectivity index (χ1v) is 6.36. The summed E-state index contributed by atoms with van der Waals surface area (Å²) in [7, 11) is 3.10. The van der Waals surface area contributed by atoms with Gasteiger partial charge in [-0.05, 0) is 18.6 Å². The van der Waals surface area contributed by atoms with Crippen molar-refractivity contribution in [3.8, 4) is 5.75 Å². The highest BCUT2D eigenvalue weighted by atomic mass is 16.5. The Morgan fingerprint density at radius 1 is 1.15 bits per heavy atom. The minimum Gasteiger partial charge on any atom is -0.496 e. The summed E-state index contributed by atoms with van der Waals surface area (Å²) in [5, 5.41) is 5.24. The molecule has 1 aromatic rings. The van der Waals surface area contributed by atoms with Gasteiger partial charge in [-0.1, -0.05) is 12.1 Å². The van der Waals surface area contributed by atoms with Crippen LogP contribution in [0.5, 0.6) is 5.75 Å². The first-order chi connectivity index (χ1) is 9.69. The number of benzene rings is 1. The fourth-order valence-corrected chi connectivity index (χ4v) is 1.59. The van der Waals surface area contributed by atoms with Gasteiger partial charge >= 0.3 is 0 Å². The molecule has 20 heavy (non-hydrogen) atoms. The van der Waals surface area contributed by atoms with Crippen molar-refractivity contribution in [1.29, 1.82) is 0 Å². The molecule has 1 rings (SSSR count). The predicted octanol–water partition coefficient (Wildman–Crippen LogP) is 0.578. The van der Waals surface area contributed by atoms with Gasteiger partial charge in [-0.15, -0.1) is 0 Å². The van der Waals surface area contributed by atoms with Crippen molar-refractivity contribution in [2.45, 2.75) is 6.42 Å². The van der Waals surface area contributed by atoms with Crippen LogP contribution in [0.2, 0.25) is 0 Å². The van der Waals surface area contributed by atoms with Gasteiger partial charge in [-0.3, -0.25) is 9.59 Å². The highest BCUT2D eigenvalue weighted by Crippen LogP contribution is 2.16. The van der Waals surface area contributed by atoms with Crippen LogP contribution in [0.15, 0.2) is 24.3 Å². The van der Waals surface area contributed by atoms with E-state index >= 15 is 0 Å². The molecular formula is C14H20N2O4. The highest BCUT2D eigenvalue weighted by Gasteiger charge is 2.12. The Hall–Kier alpha value is -2.08. The molecule has 2 amide bonds. The second kappa shape index (κ2) is 8.92. The largest absolute Gasteiger partial charge is 0.496 e. The Kier molecular flexibility index (Phi) is 7.13. The molecule has 2 N–H and O–H groups in total. The lowest BCUT2D eigenvalue weighted by Gasteiger charge is -2.09. The average Bonchev–Trinajstić information content (AvgIpc) is 2.49. The molecule has 0 saturated heterocycles. The van der Waals surface area contributed by atoms with E-state index in [0.717, 1.165) is 6.42 Å². The number of hydrogen-bond acceptors (Lipinski definition) is 4. The molecule has 0 heterocycles. The Bertz CT molecular complexity index is 449. The summed E-state index contributed by atoms with van der Waals surface area (Å²) in [6, 6.07) is 6.85. The molecule has 0 spiro atoms. The second-order valence-electron chi connectivity index (χ2n) is 4.08. The number of nitrogens with one attached hydrogen (secondary N) is 2. The van der Waals surface area contributed by atoms with E-state index in [0.29, 0.717) is 24.5 Å². The zero-order valence-corrected chi connectivity index (χ0v) is 11.8. The Labute approximate surface area is 118 Å². The van der Waals surface area contributed by atoms with Crippen molar-refractivity contribution in [2.24, 2.45) is 0 Å². The van der Waals surface area contributed by atoms with Gasteiger partial charge in [0.1, 0.15) is 5.75 Å². The average molecular weight is 280 g/mol. The molecule has 110 valence electrons. The normalized spacial score (nSPS) is 9.90. The van der Waals surface area contributed by atoms with Crippen molar-refractivity contribution in [2.75, 3.05) is 33.9 Å². The number of carbonyl (C=O) groups is 2. The first kappa shape index (κ1) is 16.0. The van der Waals surface area contributed by atoms with Gasteiger partial charge in [-0.2, -0.15) is 0 Å². The van der Waals surface area contributed by atoms with Crippen molar-refractivity contribution in [3.05, 3.63) is 29.8 Å². The van der Waals surface area contributed by atoms with Crippen LogP contribution in [-0.2, 0) is 9.53 Å². The third kappa shape index (κ3) is 5.27. The summed E-state index contributed by atoms with van der Waals surface area (Å²) in [4.78, 5) is 23.4. The lowest BCUT2D eigenvalue weighted by Crippen LogP contribution is -2.37. The molecule has 0 atom stereocenters. The van der Waals surface area contributed by atoms with Gasteiger partial charge in [-0.25, -0.2) is 0 Å². The number of rotatable bonds is 8. The molecule has 0 aliphatic heterocycles. The molecule has 0 aliphatic carbocycles. The summed E-state index contributed by atoms with van der Waals surface area (Å²) in [6.07, 6.45) is 0.739. The highest BCUT2D eigenvalue weighted by molar-refractivity contribution is 5.98. The molecule has 0 bridgehead atoms. The quantitative estimate of drug-likeness (QED) is 0.683. The topological polar surface area (TPSA) is 76.7 Å². The first-order valence-electron chi connectivity index (χ1n) is 6.36. The van der Waals surface area contributed by atoms with E-state index in [1.54, 1.807) is 31.4 Å². The van der Waals surface area contributed by atoms with Crippen LogP contribution < -0.4 is 15.4 Å². The minimum absolute atomic E-state index is 0.0656. The number of ether oxygens (including phenoxy) is 2. The zero-order chi connectivity index (χ0) is 14.8. The Balaban J connectivity index is 2.37. The fraction of sp³-hybridized carbons (Fsp3) is 0.429. The van der Waals surface area contributed by atoms with E-state index in [1.807, 2.05) is 0 Å². The summed E-state index contributed by atoms with van der Waals surface area (Å²) in [5.74, 6) is -0.0932. The molecule has 1 aromatic carbocycles. The molecular weight excluding hydrogens is 260 g/mol. The smallest absolute Gasteiger partial charge is 0.255 e. The molecule has 0 aliphatic rings. The van der Waals surface area contributed by atoms with E-state index in [-0.39, 0.29) is 18.4 Å². The van der Waals surface area contributed by atoms with Gasteiger partial charge in [0.2, 0.25) is 5.91 Å². The van der Waals surface area contributed by atoms with Crippen molar-refractivity contribution in [3.63, 3.8) is 0 Å². The SMILES string of the molecule is COCCCNC(=O)CNC(=O)c1ccccc1OC. The van der Waals surface area contributed by atoms with E-state index in [9.17, 15) is 9.59 Å².